The molecule has 0 saturated heterocycles. The highest BCUT2D eigenvalue weighted by molar-refractivity contribution is 7.30. The van der Waals surface area contributed by atoms with Crippen molar-refractivity contribution in [1.29, 1.82) is 0 Å². The highest BCUT2D eigenvalue weighted by atomic mass is 31.1. The van der Waals surface area contributed by atoms with Crippen molar-refractivity contribution in [2.75, 3.05) is 0 Å². The zero-order valence-corrected chi connectivity index (χ0v) is 13.8. The molecule has 4 N–H and O–H groups in total. The molecule has 0 aromatic heterocycles. The Morgan fingerprint density at radius 2 is 0.917 bits per heavy atom. The van der Waals surface area contributed by atoms with Crippen molar-refractivity contribution in [2.45, 2.75) is 0 Å². The van der Waals surface area contributed by atoms with Crippen LogP contribution in [0.5, 0.6) is 11.5 Å². The molecule has 24 heavy (non-hydrogen) atoms. The summed E-state index contributed by atoms with van der Waals surface area (Å²) in [5, 5.41) is 17.3. The maximum Gasteiger partial charge on any atom is 0.314 e. The number of rotatable bonds is 1. The van der Waals surface area contributed by atoms with Crippen molar-refractivity contribution in [3.05, 3.63) is 84.9 Å². The van der Waals surface area contributed by atoms with Gasteiger partial charge in [0.25, 0.3) is 0 Å². The number of phenolic OH excluding ortho intramolecular Hbond substituents is 2. The van der Waals surface area contributed by atoms with Crippen molar-refractivity contribution in [3.8, 4) is 22.6 Å². The van der Waals surface area contributed by atoms with E-state index in [0.717, 1.165) is 0 Å². The van der Waals surface area contributed by atoms with Gasteiger partial charge in [0.15, 0.2) is 0 Å². The van der Waals surface area contributed by atoms with E-state index in [-0.39, 0.29) is 11.5 Å². The SMILES string of the molecule is O=[PH](O)O.Oc1cccc(O)c1.c1ccc(-c2ccccc2)cc1. The van der Waals surface area contributed by atoms with Crippen LogP contribution in [-0.2, 0) is 4.57 Å². The Kier molecular flexibility index (Phi) is 8.94. The third-order valence-corrected chi connectivity index (χ3v) is 2.71. The molecule has 0 saturated carbocycles. The number of aromatic hydroxyl groups is 2. The standard InChI is InChI=1S/C12H10.C6H6O2.H3O3P/c1-3-7-11(8-4-1)12-9-5-2-6-10-12;7-5-2-1-3-6(8)4-5;1-4(2)3/h1-10H;1-4,7-8H;4H,(H2,1,2,3). The van der Waals surface area contributed by atoms with Crippen LogP contribution in [-0.4, -0.2) is 20.0 Å². The van der Waals surface area contributed by atoms with Gasteiger partial charge in [0.05, 0.1) is 0 Å². The van der Waals surface area contributed by atoms with Gasteiger partial charge in [-0.15, -0.1) is 0 Å². The molecule has 3 aromatic rings. The third kappa shape index (κ3) is 8.76. The fourth-order valence-corrected chi connectivity index (χ4v) is 1.75. The molecule has 0 atom stereocenters. The minimum atomic E-state index is -3.13. The van der Waals surface area contributed by atoms with Crippen molar-refractivity contribution in [3.63, 3.8) is 0 Å². The molecule has 0 unspecified atom stereocenters. The fraction of sp³-hybridized carbons (Fsp3) is 0. The maximum atomic E-state index is 8.74. The molecule has 0 aliphatic rings. The summed E-state index contributed by atoms with van der Waals surface area (Å²) in [6.07, 6.45) is 0. The Bertz CT molecular complexity index is 674. The van der Waals surface area contributed by atoms with Gasteiger partial charge in [0, 0.05) is 6.07 Å². The van der Waals surface area contributed by atoms with E-state index in [4.69, 9.17) is 24.6 Å². The van der Waals surface area contributed by atoms with Crippen LogP contribution < -0.4 is 0 Å². The first-order chi connectivity index (χ1) is 11.5. The molecule has 0 radical (unpaired) electrons. The zero-order chi connectivity index (χ0) is 17.8. The zero-order valence-electron chi connectivity index (χ0n) is 12.8. The molecular weight excluding hydrogens is 327 g/mol. The molecule has 6 heteroatoms. The van der Waals surface area contributed by atoms with Gasteiger partial charge in [0.1, 0.15) is 11.5 Å². The Balaban J connectivity index is 0.000000208. The fourth-order valence-electron chi connectivity index (χ4n) is 1.75. The highest BCUT2D eigenvalue weighted by Gasteiger charge is 1.91. The van der Waals surface area contributed by atoms with Crippen LogP contribution in [0.15, 0.2) is 84.9 Å². The van der Waals surface area contributed by atoms with E-state index in [2.05, 4.69) is 48.5 Å². The van der Waals surface area contributed by atoms with Gasteiger partial charge in [-0.1, -0.05) is 66.7 Å². The smallest absolute Gasteiger partial charge is 0.314 e. The molecule has 0 spiro atoms. The van der Waals surface area contributed by atoms with Crippen LogP contribution in [0.1, 0.15) is 0 Å². The topological polar surface area (TPSA) is 98.0 Å². The van der Waals surface area contributed by atoms with Crippen molar-refractivity contribution < 1.29 is 24.6 Å². The molecular formula is C18H19O5P. The Morgan fingerprint density at radius 1 is 0.583 bits per heavy atom. The first-order valence-electron chi connectivity index (χ1n) is 6.99. The van der Waals surface area contributed by atoms with E-state index in [1.807, 2.05) is 12.1 Å². The monoisotopic (exact) mass is 346 g/mol. The van der Waals surface area contributed by atoms with E-state index >= 15 is 0 Å². The first kappa shape index (κ1) is 19.5. The molecule has 0 bridgehead atoms. The summed E-state index contributed by atoms with van der Waals surface area (Å²) in [6, 6.07) is 26.6. The van der Waals surface area contributed by atoms with E-state index in [9.17, 15) is 0 Å². The van der Waals surface area contributed by atoms with E-state index in [1.165, 1.54) is 29.3 Å². The maximum absolute atomic E-state index is 8.74. The number of benzene rings is 3. The average Bonchev–Trinajstić information content (AvgIpc) is 2.56. The lowest BCUT2D eigenvalue weighted by atomic mass is 10.1. The largest absolute Gasteiger partial charge is 0.508 e. The van der Waals surface area contributed by atoms with Gasteiger partial charge in [-0.2, -0.15) is 0 Å². The summed E-state index contributed by atoms with van der Waals surface area (Å²) >= 11 is 0. The van der Waals surface area contributed by atoms with Gasteiger partial charge >= 0.3 is 8.25 Å². The van der Waals surface area contributed by atoms with Gasteiger partial charge in [-0.25, -0.2) is 0 Å². The first-order valence-corrected chi connectivity index (χ1v) is 8.29. The Hall–Kier alpha value is -2.59. The number of hydrogen-bond donors (Lipinski definition) is 4. The lowest BCUT2D eigenvalue weighted by molar-refractivity contribution is 0.405. The molecule has 0 aliphatic heterocycles. The van der Waals surface area contributed by atoms with Crippen LogP contribution in [0.25, 0.3) is 11.1 Å². The van der Waals surface area contributed by atoms with E-state index < -0.39 is 8.25 Å². The Morgan fingerprint density at radius 3 is 1.17 bits per heavy atom. The second-order valence-electron chi connectivity index (χ2n) is 4.53. The lowest BCUT2D eigenvalue weighted by Gasteiger charge is -1.98. The second-order valence-corrected chi connectivity index (χ2v) is 5.10. The van der Waals surface area contributed by atoms with Gasteiger partial charge < -0.3 is 20.0 Å². The Labute approximate surface area is 141 Å². The predicted molar refractivity (Wildman–Crippen MR) is 95.1 cm³/mol. The van der Waals surface area contributed by atoms with E-state index in [1.54, 1.807) is 6.07 Å². The molecule has 0 amide bonds. The van der Waals surface area contributed by atoms with Gasteiger partial charge in [0.2, 0.25) is 0 Å². The van der Waals surface area contributed by atoms with Crippen molar-refractivity contribution >= 4 is 8.25 Å². The minimum Gasteiger partial charge on any atom is -0.508 e. The molecule has 0 fully saturated rings. The highest BCUT2D eigenvalue weighted by Crippen LogP contribution is 2.17. The molecule has 5 nitrogen and oxygen atoms in total. The normalized spacial score (nSPS) is 9.29. The minimum absolute atomic E-state index is 0.0880. The van der Waals surface area contributed by atoms with Crippen molar-refractivity contribution in [2.24, 2.45) is 0 Å². The summed E-state index contributed by atoms with van der Waals surface area (Å²) < 4.78 is 8.74. The van der Waals surface area contributed by atoms with Crippen LogP contribution in [0.4, 0.5) is 0 Å². The summed E-state index contributed by atoms with van der Waals surface area (Å²) in [5.41, 5.74) is 2.55. The lowest BCUT2D eigenvalue weighted by Crippen LogP contribution is -1.73. The van der Waals surface area contributed by atoms with Crippen LogP contribution >= 0.6 is 8.25 Å². The van der Waals surface area contributed by atoms with E-state index in [0.29, 0.717) is 0 Å². The van der Waals surface area contributed by atoms with Gasteiger partial charge in [-0.05, 0) is 23.3 Å². The third-order valence-electron chi connectivity index (χ3n) is 2.71. The molecule has 126 valence electrons. The molecule has 3 aromatic carbocycles. The average molecular weight is 346 g/mol. The second kappa shape index (κ2) is 11.0. The molecule has 3 rings (SSSR count). The van der Waals surface area contributed by atoms with Crippen LogP contribution in [0.2, 0.25) is 0 Å². The quantitative estimate of drug-likeness (QED) is 0.502. The van der Waals surface area contributed by atoms with Crippen LogP contribution in [0, 0.1) is 0 Å². The van der Waals surface area contributed by atoms with Crippen molar-refractivity contribution in [1.82, 2.24) is 0 Å². The number of hydrogen-bond acceptors (Lipinski definition) is 3. The number of phenols is 2. The predicted octanol–water partition coefficient (Wildman–Crippen LogP) is 3.81. The molecule has 0 heterocycles. The summed E-state index contributed by atoms with van der Waals surface area (Å²) in [7, 11) is -3.13. The summed E-state index contributed by atoms with van der Waals surface area (Å²) in [6.45, 7) is 0. The van der Waals surface area contributed by atoms with Gasteiger partial charge in [-0.3, -0.25) is 4.57 Å². The summed E-state index contributed by atoms with van der Waals surface area (Å²) in [5.74, 6) is 0.176. The molecule has 0 aliphatic carbocycles. The van der Waals surface area contributed by atoms with Crippen LogP contribution in [0.3, 0.4) is 0 Å². The summed E-state index contributed by atoms with van der Waals surface area (Å²) in [4.78, 5) is 14.3.